The third kappa shape index (κ3) is 4.79. The maximum atomic E-state index is 11.6. The lowest BCUT2D eigenvalue weighted by Crippen LogP contribution is -2.19. The topological polar surface area (TPSA) is 80.1 Å². The number of methoxy groups -OCH3 is 1. The molecule has 0 spiro atoms. The van der Waals surface area contributed by atoms with Crippen molar-refractivity contribution >= 4 is 66.9 Å². The van der Waals surface area contributed by atoms with Crippen LogP contribution >= 0.6 is 43.6 Å². The second kappa shape index (κ2) is 7.70. The van der Waals surface area contributed by atoms with E-state index >= 15 is 0 Å². The number of carbonyl (C=O) groups is 2. The van der Waals surface area contributed by atoms with Crippen LogP contribution in [0.25, 0.3) is 0 Å². The van der Waals surface area contributed by atoms with Gasteiger partial charge in [-0.1, -0.05) is 31.9 Å². The summed E-state index contributed by atoms with van der Waals surface area (Å²) in [6, 6.07) is 5.65. The van der Waals surface area contributed by atoms with Crippen molar-refractivity contribution < 1.29 is 14.3 Å². The molecule has 0 aliphatic carbocycles. The van der Waals surface area contributed by atoms with Gasteiger partial charge in [-0.15, -0.1) is 5.10 Å². The Balaban J connectivity index is 2.08. The summed E-state index contributed by atoms with van der Waals surface area (Å²) in [4.78, 5) is 22.9. The Morgan fingerprint density at radius 2 is 2.00 bits per heavy atom. The smallest absolute Gasteiger partial charge is 0.331 e. The van der Waals surface area contributed by atoms with E-state index in [0.717, 1.165) is 32.3 Å². The number of amides is 1. The third-order valence-electron chi connectivity index (χ3n) is 2.34. The van der Waals surface area contributed by atoms with Crippen molar-refractivity contribution in [3.8, 4) is 0 Å². The van der Waals surface area contributed by atoms with Gasteiger partial charge in [0.2, 0.25) is 0 Å². The van der Waals surface area contributed by atoms with Gasteiger partial charge in [-0.2, -0.15) is 5.10 Å². The molecule has 0 aromatic heterocycles. The maximum Gasteiger partial charge on any atom is 0.331 e. The molecule has 0 bridgehead atoms. The van der Waals surface area contributed by atoms with Gasteiger partial charge in [-0.05, 0) is 35.5 Å². The molecule has 1 aliphatic heterocycles. The molecule has 22 heavy (non-hydrogen) atoms. The molecule has 0 radical (unpaired) electrons. The molecule has 1 fully saturated rings. The van der Waals surface area contributed by atoms with Gasteiger partial charge in [-0.3, -0.25) is 10.1 Å². The standard InChI is InChI=1S/C13H9Br2N3O3S/c1-21-11(19)5-10-12(20)17-13(22-10)18-16-6-7-2-8(14)4-9(15)3-7/h2-6H,1H3,(H,17,18,20)/b10-5+,16-6?. The van der Waals surface area contributed by atoms with Gasteiger partial charge in [0.15, 0.2) is 5.17 Å². The van der Waals surface area contributed by atoms with Crippen LogP contribution in [0.2, 0.25) is 0 Å². The summed E-state index contributed by atoms with van der Waals surface area (Å²) in [5, 5.41) is 10.6. The average molecular weight is 447 g/mol. The SMILES string of the molecule is COC(=O)/C=C1/S/C(=N\N=Cc2cc(Br)cc(Br)c2)NC1=O. The van der Waals surface area contributed by atoms with Crippen molar-refractivity contribution in [3.63, 3.8) is 0 Å². The zero-order chi connectivity index (χ0) is 16.1. The first kappa shape index (κ1) is 16.9. The molecule has 0 saturated carbocycles. The van der Waals surface area contributed by atoms with Crippen LogP contribution < -0.4 is 5.32 Å². The molecule has 0 atom stereocenters. The number of hydrogen-bond donors (Lipinski definition) is 1. The predicted molar refractivity (Wildman–Crippen MR) is 92.7 cm³/mol. The van der Waals surface area contributed by atoms with E-state index < -0.39 is 11.9 Å². The first-order chi connectivity index (χ1) is 10.5. The number of ether oxygens (including phenoxy) is 1. The van der Waals surface area contributed by atoms with E-state index in [1.807, 2.05) is 18.2 Å². The van der Waals surface area contributed by atoms with E-state index in [0.29, 0.717) is 5.17 Å². The Labute approximate surface area is 147 Å². The third-order valence-corrected chi connectivity index (χ3v) is 4.16. The van der Waals surface area contributed by atoms with E-state index in [1.54, 1.807) is 6.21 Å². The lowest BCUT2D eigenvalue weighted by molar-refractivity contribution is -0.135. The molecule has 0 unspecified atom stereocenters. The second-order valence-corrected chi connectivity index (χ2v) is 6.80. The number of nitrogens with zero attached hydrogens (tertiary/aromatic N) is 2. The molecule has 1 aliphatic rings. The predicted octanol–water partition coefficient (Wildman–Crippen LogP) is 2.82. The summed E-state index contributed by atoms with van der Waals surface area (Å²) < 4.78 is 6.28. The zero-order valence-electron chi connectivity index (χ0n) is 11.2. The maximum absolute atomic E-state index is 11.6. The Morgan fingerprint density at radius 1 is 1.32 bits per heavy atom. The van der Waals surface area contributed by atoms with E-state index in [2.05, 4.69) is 52.1 Å². The summed E-state index contributed by atoms with van der Waals surface area (Å²) in [5.74, 6) is -1.00. The molecule has 114 valence electrons. The molecule has 1 saturated heterocycles. The van der Waals surface area contributed by atoms with Crippen molar-refractivity contribution in [1.29, 1.82) is 0 Å². The van der Waals surface area contributed by atoms with Gasteiger partial charge in [-0.25, -0.2) is 4.79 Å². The highest BCUT2D eigenvalue weighted by molar-refractivity contribution is 9.11. The summed E-state index contributed by atoms with van der Waals surface area (Å²) in [6.45, 7) is 0. The van der Waals surface area contributed by atoms with Crippen LogP contribution in [-0.4, -0.2) is 30.4 Å². The number of amidine groups is 1. The van der Waals surface area contributed by atoms with Crippen LogP contribution in [0.3, 0.4) is 0 Å². The minimum Gasteiger partial charge on any atom is -0.466 e. The van der Waals surface area contributed by atoms with Gasteiger partial charge >= 0.3 is 5.97 Å². The van der Waals surface area contributed by atoms with Gasteiger partial charge in [0.1, 0.15) is 0 Å². The fraction of sp³-hybridized carbons (Fsp3) is 0.0769. The number of carbonyl (C=O) groups excluding carboxylic acids is 2. The number of benzene rings is 1. The summed E-state index contributed by atoms with van der Waals surface area (Å²) in [7, 11) is 1.24. The van der Waals surface area contributed by atoms with Gasteiger partial charge in [0.25, 0.3) is 5.91 Å². The van der Waals surface area contributed by atoms with Crippen LogP contribution in [-0.2, 0) is 14.3 Å². The van der Waals surface area contributed by atoms with Crippen LogP contribution in [0.15, 0.2) is 48.3 Å². The fourth-order valence-corrected chi connectivity index (χ4v) is 3.51. The minimum absolute atomic E-state index is 0.214. The van der Waals surface area contributed by atoms with Crippen molar-refractivity contribution in [3.05, 3.63) is 43.7 Å². The molecule has 1 aromatic carbocycles. The number of halogens is 2. The first-order valence-corrected chi connectivity index (χ1v) is 8.24. The molecule has 1 aromatic rings. The monoisotopic (exact) mass is 445 g/mol. The quantitative estimate of drug-likeness (QED) is 0.335. The van der Waals surface area contributed by atoms with Crippen molar-refractivity contribution in [2.75, 3.05) is 7.11 Å². The van der Waals surface area contributed by atoms with Gasteiger partial charge < -0.3 is 4.74 Å². The van der Waals surface area contributed by atoms with Crippen molar-refractivity contribution in [1.82, 2.24) is 5.32 Å². The zero-order valence-corrected chi connectivity index (χ0v) is 15.2. The first-order valence-electron chi connectivity index (χ1n) is 5.84. The Kier molecular flexibility index (Phi) is 5.92. The Morgan fingerprint density at radius 3 is 2.64 bits per heavy atom. The fourth-order valence-electron chi connectivity index (χ4n) is 1.44. The summed E-state index contributed by atoms with van der Waals surface area (Å²) in [5.41, 5.74) is 0.838. The minimum atomic E-state index is -0.596. The van der Waals surface area contributed by atoms with Crippen LogP contribution in [0.5, 0.6) is 0 Å². The second-order valence-electron chi connectivity index (χ2n) is 3.94. The lowest BCUT2D eigenvalue weighted by Gasteiger charge is -1.96. The van der Waals surface area contributed by atoms with E-state index in [1.165, 1.54) is 7.11 Å². The highest BCUT2D eigenvalue weighted by atomic mass is 79.9. The Bertz CT molecular complexity index is 696. The number of hydrogen-bond acceptors (Lipinski definition) is 6. The molecule has 9 heteroatoms. The Hall–Kier alpha value is -1.45. The van der Waals surface area contributed by atoms with E-state index in [4.69, 9.17) is 0 Å². The van der Waals surface area contributed by atoms with Gasteiger partial charge in [0.05, 0.1) is 18.2 Å². The molecule has 1 heterocycles. The largest absolute Gasteiger partial charge is 0.466 e. The molecule has 1 N–H and O–H groups in total. The molecular formula is C13H9Br2N3O3S. The van der Waals surface area contributed by atoms with Crippen LogP contribution in [0.4, 0.5) is 0 Å². The number of thioether (sulfide) groups is 1. The number of esters is 1. The highest BCUT2D eigenvalue weighted by Gasteiger charge is 2.24. The van der Waals surface area contributed by atoms with E-state index in [9.17, 15) is 9.59 Å². The molecule has 2 rings (SSSR count). The van der Waals surface area contributed by atoms with Crippen LogP contribution in [0.1, 0.15) is 5.56 Å². The van der Waals surface area contributed by atoms with Crippen molar-refractivity contribution in [2.24, 2.45) is 10.2 Å². The summed E-state index contributed by atoms with van der Waals surface area (Å²) >= 11 is 7.77. The molecular weight excluding hydrogens is 438 g/mol. The van der Waals surface area contributed by atoms with Crippen molar-refractivity contribution in [2.45, 2.75) is 0 Å². The van der Waals surface area contributed by atoms with E-state index in [-0.39, 0.29) is 4.91 Å². The number of nitrogens with one attached hydrogen (secondary N) is 1. The highest BCUT2D eigenvalue weighted by Crippen LogP contribution is 2.23. The molecule has 6 nitrogen and oxygen atoms in total. The normalized spacial score (nSPS) is 18.2. The molecule has 1 amide bonds. The average Bonchev–Trinajstić information content (AvgIpc) is 2.78. The lowest BCUT2D eigenvalue weighted by atomic mass is 10.2. The van der Waals surface area contributed by atoms with Crippen LogP contribution in [0, 0.1) is 0 Å². The van der Waals surface area contributed by atoms with Gasteiger partial charge in [0, 0.05) is 15.0 Å². The number of rotatable bonds is 3. The summed E-state index contributed by atoms with van der Waals surface area (Å²) in [6.07, 6.45) is 2.66.